The van der Waals surface area contributed by atoms with Crippen LogP contribution >= 0.6 is 11.8 Å². The molecule has 0 aliphatic rings. The Hall–Kier alpha value is -0.800. The summed E-state index contributed by atoms with van der Waals surface area (Å²) in [6.45, 7) is 5.87. The number of methoxy groups -OCH3 is 1. The number of rotatable bonds is 6. The molecule has 0 bridgehead atoms. The number of hydrogen-bond donors (Lipinski definition) is 0. The maximum Gasteiger partial charge on any atom is 0.140 e. The quantitative estimate of drug-likeness (QED) is 0.784. The van der Waals surface area contributed by atoms with Gasteiger partial charge in [0, 0.05) is 18.9 Å². The molecule has 0 aromatic heterocycles. The van der Waals surface area contributed by atoms with Crippen molar-refractivity contribution in [2.24, 2.45) is 5.41 Å². The number of benzene rings is 1. The summed E-state index contributed by atoms with van der Waals surface area (Å²) < 4.78 is 5.58. The molecule has 0 unspecified atom stereocenters. The van der Waals surface area contributed by atoms with E-state index in [-0.39, 0.29) is 22.6 Å². The molecule has 0 saturated heterocycles. The van der Waals surface area contributed by atoms with Gasteiger partial charge in [-0.1, -0.05) is 51.1 Å². The number of carbonyl (C=O) groups is 1. The zero-order chi connectivity index (χ0) is 14.5. The largest absolute Gasteiger partial charge is 0.379 e. The Morgan fingerprint density at radius 3 is 2.26 bits per heavy atom. The van der Waals surface area contributed by atoms with E-state index in [1.54, 1.807) is 18.9 Å². The second-order valence-corrected chi connectivity index (χ2v) is 6.70. The predicted octanol–water partition coefficient (Wildman–Crippen LogP) is 4.11. The van der Waals surface area contributed by atoms with Gasteiger partial charge in [-0.15, -0.1) is 0 Å². The molecule has 1 rings (SSSR count). The van der Waals surface area contributed by atoms with Gasteiger partial charge in [0.2, 0.25) is 0 Å². The van der Waals surface area contributed by atoms with Crippen LogP contribution in [0, 0.1) is 5.41 Å². The van der Waals surface area contributed by atoms with Crippen LogP contribution in [0.15, 0.2) is 30.3 Å². The third-order valence-electron chi connectivity index (χ3n) is 3.25. The summed E-state index contributed by atoms with van der Waals surface area (Å²) in [7, 11) is 1.69. The van der Waals surface area contributed by atoms with Crippen molar-refractivity contribution in [1.82, 2.24) is 0 Å². The average Bonchev–Trinajstić information content (AvgIpc) is 2.38. The summed E-state index contributed by atoms with van der Waals surface area (Å²) in [6, 6.07) is 10.2. The average molecular weight is 280 g/mol. The van der Waals surface area contributed by atoms with E-state index in [0.29, 0.717) is 6.42 Å². The van der Waals surface area contributed by atoms with Crippen molar-refractivity contribution in [1.29, 1.82) is 0 Å². The highest BCUT2D eigenvalue weighted by molar-refractivity contribution is 7.98. The highest BCUT2D eigenvalue weighted by Gasteiger charge is 2.29. The molecule has 0 N–H and O–H groups in total. The fourth-order valence-electron chi connectivity index (χ4n) is 1.95. The van der Waals surface area contributed by atoms with Crippen LogP contribution in [-0.2, 0) is 9.53 Å². The fourth-order valence-corrected chi connectivity index (χ4v) is 2.89. The highest BCUT2D eigenvalue weighted by Crippen LogP contribution is 2.34. The summed E-state index contributed by atoms with van der Waals surface area (Å²) in [5, 5.41) is 0.192. The van der Waals surface area contributed by atoms with Crippen molar-refractivity contribution < 1.29 is 9.53 Å². The normalized spacial score (nSPS) is 15.0. The lowest BCUT2D eigenvalue weighted by Crippen LogP contribution is -2.29. The Bertz CT molecular complexity index is 395. The molecule has 1 aromatic carbocycles. The third kappa shape index (κ3) is 4.66. The maximum absolute atomic E-state index is 12.2. The monoisotopic (exact) mass is 280 g/mol. The molecule has 0 heterocycles. The smallest absolute Gasteiger partial charge is 0.140 e. The lowest BCUT2D eigenvalue weighted by molar-refractivity contribution is -0.128. The van der Waals surface area contributed by atoms with E-state index < -0.39 is 0 Å². The number of Topliss-reactive ketones (excluding diaryl/α,β-unsaturated/α-hetero) is 1. The molecule has 19 heavy (non-hydrogen) atoms. The standard InChI is InChI=1S/C16H24O2S/c1-16(2,3)14(17)11-13(18-4)15(19-5)12-9-7-6-8-10-12/h6-10,13,15H,11H2,1-5H3/t13-,15+/m1/s1. The van der Waals surface area contributed by atoms with Gasteiger partial charge in [-0.25, -0.2) is 0 Å². The summed E-state index contributed by atoms with van der Waals surface area (Å²) >= 11 is 1.73. The molecular formula is C16H24O2S. The van der Waals surface area contributed by atoms with Crippen LogP contribution in [0.4, 0.5) is 0 Å². The topological polar surface area (TPSA) is 26.3 Å². The Morgan fingerprint density at radius 2 is 1.84 bits per heavy atom. The first-order chi connectivity index (χ1) is 8.90. The fraction of sp³-hybridized carbons (Fsp3) is 0.562. The van der Waals surface area contributed by atoms with Crippen molar-refractivity contribution >= 4 is 17.5 Å². The molecule has 2 nitrogen and oxygen atoms in total. The minimum atomic E-state index is -0.309. The van der Waals surface area contributed by atoms with Crippen molar-refractivity contribution in [3.63, 3.8) is 0 Å². The van der Waals surface area contributed by atoms with Gasteiger partial charge in [-0.2, -0.15) is 11.8 Å². The van der Waals surface area contributed by atoms with E-state index in [9.17, 15) is 4.79 Å². The molecule has 0 amide bonds. The van der Waals surface area contributed by atoms with E-state index in [1.807, 2.05) is 39.0 Å². The molecule has 3 heteroatoms. The van der Waals surface area contributed by atoms with Crippen LogP contribution in [0.2, 0.25) is 0 Å². The summed E-state index contributed by atoms with van der Waals surface area (Å²) in [5.74, 6) is 0.245. The number of ketones is 1. The van der Waals surface area contributed by atoms with E-state index in [2.05, 4.69) is 18.4 Å². The molecule has 2 atom stereocenters. The maximum atomic E-state index is 12.2. The second-order valence-electron chi connectivity index (χ2n) is 5.72. The third-order valence-corrected chi connectivity index (χ3v) is 4.33. The Morgan fingerprint density at radius 1 is 1.26 bits per heavy atom. The molecule has 0 spiro atoms. The van der Waals surface area contributed by atoms with E-state index in [4.69, 9.17) is 4.74 Å². The number of hydrogen-bond acceptors (Lipinski definition) is 3. The van der Waals surface area contributed by atoms with Gasteiger partial charge in [0.25, 0.3) is 0 Å². The molecule has 0 radical (unpaired) electrons. The molecule has 106 valence electrons. The van der Waals surface area contributed by atoms with Gasteiger partial charge in [-0.05, 0) is 11.8 Å². The van der Waals surface area contributed by atoms with Crippen LogP contribution in [0.25, 0.3) is 0 Å². The van der Waals surface area contributed by atoms with Crippen LogP contribution in [-0.4, -0.2) is 25.3 Å². The van der Waals surface area contributed by atoms with Crippen LogP contribution in [0.1, 0.15) is 38.0 Å². The first kappa shape index (κ1) is 16.3. The molecule has 0 saturated carbocycles. The summed E-state index contributed by atoms with van der Waals surface area (Å²) in [4.78, 5) is 12.2. The van der Waals surface area contributed by atoms with Gasteiger partial charge in [0.05, 0.1) is 11.4 Å². The molecule has 0 fully saturated rings. The SMILES string of the molecule is CO[C@H](CC(=O)C(C)(C)C)[C@@H](SC)c1ccccc1. The van der Waals surface area contributed by atoms with Gasteiger partial charge >= 0.3 is 0 Å². The highest BCUT2D eigenvalue weighted by atomic mass is 32.2. The zero-order valence-electron chi connectivity index (χ0n) is 12.5. The number of ether oxygens (including phenoxy) is 1. The van der Waals surface area contributed by atoms with Gasteiger partial charge in [0.1, 0.15) is 5.78 Å². The minimum Gasteiger partial charge on any atom is -0.379 e. The second kappa shape index (κ2) is 7.11. The Kier molecular flexibility index (Phi) is 6.08. The van der Waals surface area contributed by atoms with Gasteiger partial charge in [0.15, 0.2) is 0 Å². The van der Waals surface area contributed by atoms with Crippen molar-refractivity contribution in [2.75, 3.05) is 13.4 Å². The van der Waals surface area contributed by atoms with E-state index >= 15 is 0 Å². The van der Waals surface area contributed by atoms with Crippen molar-refractivity contribution in [3.8, 4) is 0 Å². The van der Waals surface area contributed by atoms with E-state index in [1.165, 1.54) is 5.56 Å². The lowest BCUT2D eigenvalue weighted by Gasteiger charge is -2.27. The van der Waals surface area contributed by atoms with Gasteiger partial charge < -0.3 is 4.74 Å². The molecular weight excluding hydrogens is 256 g/mol. The van der Waals surface area contributed by atoms with Crippen molar-refractivity contribution in [3.05, 3.63) is 35.9 Å². The van der Waals surface area contributed by atoms with Gasteiger partial charge in [-0.3, -0.25) is 4.79 Å². The molecule has 0 aliphatic carbocycles. The first-order valence-electron chi connectivity index (χ1n) is 6.54. The minimum absolute atomic E-state index is 0.0795. The van der Waals surface area contributed by atoms with Crippen LogP contribution in [0.3, 0.4) is 0 Å². The Balaban J connectivity index is 2.86. The zero-order valence-corrected chi connectivity index (χ0v) is 13.3. The first-order valence-corrected chi connectivity index (χ1v) is 7.82. The molecule has 1 aromatic rings. The van der Waals surface area contributed by atoms with E-state index in [0.717, 1.165) is 0 Å². The molecule has 0 aliphatic heterocycles. The summed E-state index contributed by atoms with van der Waals surface area (Å²) in [5.41, 5.74) is 0.903. The number of carbonyl (C=O) groups excluding carboxylic acids is 1. The predicted molar refractivity (Wildman–Crippen MR) is 82.6 cm³/mol. The van der Waals surface area contributed by atoms with Crippen LogP contribution < -0.4 is 0 Å². The van der Waals surface area contributed by atoms with Crippen LogP contribution in [0.5, 0.6) is 0 Å². The lowest BCUT2D eigenvalue weighted by atomic mass is 9.86. The number of thioether (sulfide) groups is 1. The Labute approximate surface area is 120 Å². The van der Waals surface area contributed by atoms with Crippen molar-refractivity contribution in [2.45, 2.75) is 38.5 Å². The summed E-state index contributed by atoms with van der Waals surface area (Å²) in [6.07, 6.45) is 2.44.